The molecule has 1 N–H and O–H groups in total. The first-order valence-electron chi connectivity index (χ1n) is 7.36. The second-order valence-electron chi connectivity index (χ2n) is 5.18. The quantitative estimate of drug-likeness (QED) is 0.812. The van der Waals surface area contributed by atoms with Gasteiger partial charge in [0.15, 0.2) is 0 Å². The highest BCUT2D eigenvalue weighted by molar-refractivity contribution is 5.95. The van der Waals surface area contributed by atoms with E-state index in [9.17, 15) is 9.59 Å². The van der Waals surface area contributed by atoms with Gasteiger partial charge in [-0.15, -0.1) is 0 Å². The predicted octanol–water partition coefficient (Wildman–Crippen LogP) is 1.85. The number of hydrogen-bond donors (Lipinski definition) is 1. The maximum Gasteiger partial charge on any atom is 0.322 e. The molecular formula is C16H22N2O3. The summed E-state index contributed by atoms with van der Waals surface area (Å²) in [5.41, 5.74) is 2.02. The minimum atomic E-state index is -0.283. The molecule has 1 atom stereocenters. The zero-order valence-corrected chi connectivity index (χ0v) is 12.6. The number of esters is 1. The summed E-state index contributed by atoms with van der Waals surface area (Å²) < 4.78 is 4.74. The number of anilines is 1. The lowest BCUT2D eigenvalue weighted by atomic mass is 10.1. The van der Waals surface area contributed by atoms with E-state index in [1.165, 1.54) is 7.11 Å². The van der Waals surface area contributed by atoms with Crippen LogP contribution in [-0.4, -0.2) is 31.6 Å². The van der Waals surface area contributed by atoms with E-state index in [1.807, 2.05) is 36.1 Å². The minimum absolute atomic E-state index is 0.192. The Morgan fingerprint density at radius 1 is 1.38 bits per heavy atom. The first-order chi connectivity index (χ1) is 10.2. The Morgan fingerprint density at radius 3 is 2.62 bits per heavy atom. The molecule has 1 aromatic carbocycles. The molecule has 1 aliphatic rings. The van der Waals surface area contributed by atoms with Crippen molar-refractivity contribution in [1.82, 2.24) is 5.32 Å². The molecule has 5 heteroatoms. The molecule has 1 aliphatic heterocycles. The van der Waals surface area contributed by atoms with Crippen LogP contribution in [0.4, 0.5) is 5.69 Å². The van der Waals surface area contributed by atoms with E-state index in [0.717, 1.165) is 24.2 Å². The summed E-state index contributed by atoms with van der Waals surface area (Å²) in [5.74, 6) is -0.0469. The van der Waals surface area contributed by atoms with Gasteiger partial charge in [-0.2, -0.15) is 0 Å². The molecule has 114 valence electrons. The first-order valence-corrected chi connectivity index (χ1v) is 7.36. The smallest absolute Gasteiger partial charge is 0.322 e. The average Bonchev–Trinajstić information content (AvgIpc) is 2.94. The standard InChI is InChI=1S/C16H22N2O3/c1-3-14(16(20)21-2)17-11-12-6-8-13(9-7-12)18-10-4-5-15(18)19/h6-9,14,17H,3-5,10-11H2,1-2H3. The van der Waals surface area contributed by atoms with Gasteiger partial charge in [0.1, 0.15) is 6.04 Å². The topological polar surface area (TPSA) is 58.6 Å². The monoisotopic (exact) mass is 290 g/mol. The van der Waals surface area contributed by atoms with Crippen LogP contribution in [0.3, 0.4) is 0 Å². The van der Waals surface area contributed by atoms with Crippen LogP contribution in [0.15, 0.2) is 24.3 Å². The second kappa shape index (κ2) is 7.22. The van der Waals surface area contributed by atoms with E-state index in [1.54, 1.807) is 0 Å². The number of nitrogens with zero attached hydrogens (tertiary/aromatic N) is 1. The van der Waals surface area contributed by atoms with Gasteiger partial charge in [0.05, 0.1) is 7.11 Å². The third-order valence-corrected chi connectivity index (χ3v) is 3.77. The number of nitrogens with one attached hydrogen (secondary N) is 1. The summed E-state index contributed by atoms with van der Waals surface area (Å²) in [5, 5.41) is 3.18. The van der Waals surface area contributed by atoms with Gasteiger partial charge in [0, 0.05) is 25.2 Å². The Morgan fingerprint density at radius 2 is 2.10 bits per heavy atom. The van der Waals surface area contributed by atoms with Crippen LogP contribution >= 0.6 is 0 Å². The largest absolute Gasteiger partial charge is 0.468 e. The molecule has 1 unspecified atom stereocenters. The Balaban J connectivity index is 1.93. The highest BCUT2D eigenvalue weighted by atomic mass is 16.5. The SMILES string of the molecule is CCC(NCc1ccc(N2CCCC2=O)cc1)C(=O)OC. The number of ether oxygens (including phenoxy) is 1. The fourth-order valence-electron chi connectivity index (χ4n) is 2.49. The predicted molar refractivity (Wildman–Crippen MR) is 81.0 cm³/mol. The molecule has 2 rings (SSSR count). The van der Waals surface area contributed by atoms with E-state index in [4.69, 9.17) is 4.74 Å². The summed E-state index contributed by atoms with van der Waals surface area (Å²) >= 11 is 0. The molecule has 0 spiro atoms. The number of hydrogen-bond acceptors (Lipinski definition) is 4. The number of amides is 1. The Hall–Kier alpha value is -1.88. The van der Waals surface area contributed by atoms with Crippen molar-refractivity contribution >= 4 is 17.6 Å². The maximum absolute atomic E-state index is 11.7. The van der Waals surface area contributed by atoms with Gasteiger partial charge >= 0.3 is 5.97 Å². The van der Waals surface area contributed by atoms with E-state index in [2.05, 4.69) is 5.32 Å². The molecule has 1 heterocycles. The summed E-state index contributed by atoms with van der Waals surface area (Å²) in [6.07, 6.45) is 2.26. The van der Waals surface area contributed by atoms with E-state index in [-0.39, 0.29) is 17.9 Å². The zero-order chi connectivity index (χ0) is 15.2. The lowest BCUT2D eigenvalue weighted by molar-refractivity contribution is -0.143. The van der Waals surface area contributed by atoms with Crippen LogP contribution in [-0.2, 0) is 20.9 Å². The van der Waals surface area contributed by atoms with Gasteiger partial charge in [0.25, 0.3) is 0 Å². The van der Waals surface area contributed by atoms with Crippen molar-refractivity contribution in [1.29, 1.82) is 0 Å². The third kappa shape index (κ3) is 3.82. The molecule has 0 radical (unpaired) electrons. The fraction of sp³-hybridized carbons (Fsp3) is 0.500. The number of benzene rings is 1. The molecule has 21 heavy (non-hydrogen) atoms. The Kier molecular flexibility index (Phi) is 5.33. The summed E-state index contributed by atoms with van der Waals surface area (Å²) in [4.78, 5) is 25.0. The number of rotatable bonds is 6. The van der Waals surface area contributed by atoms with Crippen molar-refractivity contribution in [2.24, 2.45) is 0 Å². The van der Waals surface area contributed by atoms with Crippen LogP contribution in [0.2, 0.25) is 0 Å². The van der Waals surface area contributed by atoms with Crippen LogP contribution in [0, 0.1) is 0 Å². The van der Waals surface area contributed by atoms with Crippen molar-refractivity contribution in [2.75, 3.05) is 18.6 Å². The van der Waals surface area contributed by atoms with Crippen LogP contribution < -0.4 is 10.2 Å². The third-order valence-electron chi connectivity index (χ3n) is 3.77. The normalized spacial score (nSPS) is 16.1. The highest BCUT2D eigenvalue weighted by Crippen LogP contribution is 2.21. The van der Waals surface area contributed by atoms with Gasteiger partial charge in [-0.1, -0.05) is 19.1 Å². The minimum Gasteiger partial charge on any atom is -0.468 e. The molecular weight excluding hydrogens is 268 g/mol. The molecule has 0 aromatic heterocycles. The Labute approximate surface area is 125 Å². The number of carbonyl (C=O) groups is 2. The van der Waals surface area contributed by atoms with E-state index in [0.29, 0.717) is 19.4 Å². The van der Waals surface area contributed by atoms with Gasteiger partial charge < -0.3 is 15.0 Å². The molecule has 1 fully saturated rings. The van der Waals surface area contributed by atoms with Crippen LogP contribution in [0.1, 0.15) is 31.7 Å². The lowest BCUT2D eigenvalue weighted by Gasteiger charge is -2.17. The van der Waals surface area contributed by atoms with Crippen LogP contribution in [0.25, 0.3) is 0 Å². The van der Waals surface area contributed by atoms with Gasteiger partial charge in [-0.3, -0.25) is 9.59 Å². The molecule has 1 amide bonds. The molecule has 0 aliphatic carbocycles. The lowest BCUT2D eigenvalue weighted by Crippen LogP contribution is -2.36. The van der Waals surface area contributed by atoms with Crippen molar-refractivity contribution in [3.63, 3.8) is 0 Å². The van der Waals surface area contributed by atoms with Crippen molar-refractivity contribution in [3.8, 4) is 0 Å². The summed E-state index contributed by atoms with van der Waals surface area (Å²) in [7, 11) is 1.40. The van der Waals surface area contributed by atoms with E-state index >= 15 is 0 Å². The maximum atomic E-state index is 11.7. The highest BCUT2D eigenvalue weighted by Gasteiger charge is 2.21. The van der Waals surface area contributed by atoms with Crippen LogP contribution in [0.5, 0.6) is 0 Å². The Bertz CT molecular complexity index is 499. The first kappa shape index (κ1) is 15.5. The zero-order valence-electron chi connectivity index (χ0n) is 12.6. The molecule has 0 saturated carbocycles. The van der Waals surface area contributed by atoms with Crippen molar-refractivity contribution < 1.29 is 14.3 Å². The van der Waals surface area contributed by atoms with Gasteiger partial charge in [-0.05, 0) is 30.5 Å². The summed E-state index contributed by atoms with van der Waals surface area (Å²) in [6, 6.07) is 7.60. The van der Waals surface area contributed by atoms with E-state index < -0.39 is 0 Å². The number of methoxy groups -OCH3 is 1. The second-order valence-corrected chi connectivity index (χ2v) is 5.18. The fourth-order valence-corrected chi connectivity index (χ4v) is 2.49. The van der Waals surface area contributed by atoms with Gasteiger partial charge in [0.2, 0.25) is 5.91 Å². The van der Waals surface area contributed by atoms with Gasteiger partial charge in [-0.25, -0.2) is 0 Å². The number of carbonyl (C=O) groups excluding carboxylic acids is 2. The average molecular weight is 290 g/mol. The molecule has 5 nitrogen and oxygen atoms in total. The molecule has 1 aromatic rings. The molecule has 0 bridgehead atoms. The summed E-state index contributed by atoms with van der Waals surface area (Å²) in [6.45, 7) is 3.34. The van der Waals surface area contributed by atoms with Crippen molar-refractivity contribution in [3.05, 3.63) is 29.8 Å². The van der Waals surface area contributed by atoms with Crippen molar-refractivity contribution in [2.45, 2.75) is 38.8 Å². The molecule has 1 saturated heterocycles.